The number of aromatic amines is 1. The van der Waals surface area contributed by atoms with E-state index in [-0.39, 0.29) is 0 Å². The van der Waals surface area contributed by atoms with Gasteiger partial charge in [0.2, 0.25) is 0 Å². The number of rotatable bonds is 1. The van der Waals surface area contributed by atoms with Crippen LogP contribution in [-0.4, -0.2) is 17.0 Å². The van der Waals surface area contributed by atoms with Gasteiger partial charge in [0.05, 0.1) is 11.0 Å². The van der Waals surface area contributed by atoms with Gasteiger partial charge < -0.3 is 10.3 Å². The molecule has 1 aromatic carbocycles. The highest BCUT2D eigenvalue weighted by Crippen LogP contribution is 2.12. The standard InChI is InChI=1S/C9H9N3S/c1-10-8-9(13)12-7-5-3-2-4-6(7)11-8/h2-5H,1H3,(H,10,11)(H,12,13). The van der Waals surface area contributed by atoms with Crippen molar-refractivity contribution in [1.82, 2.24) is 9.97 Å². The summed E-state index contributed by atoms with van der Waals surface area (Å²) in [6, 6.07) is 7.80. The topological polar surface area (TPSA) is 40.7 Å². The lowest BCUT2D eigenvalue weighted by atomic mass is 10.3. The number of para-hydroxylation sites is 2. The first-order valence-corrected chi connectivity index (χ1v) is 4.39. The lowest BCUT2D eigenvalue weighted by molar-refractivity contribution is 1.24. The van der Waals surface area contributed by atoms with Gasteiger partial charge in [-0.2, -0.15) is 0 Å². The highest BCUT2D eigenvalue weighted by Gasteiger charge is 1.97. The summed E-state index contributed by atoms with van der Waals surface area (Å²) in [4.78, 5) is 7.45. The highest BCUT2D eigenvalue weighted by molar-refractivity contribution is 7.71. The van der Waals surface area contributed by atoms with Gasteiger partial charge in [0.1, 0.15) is 4.64 Å². The van der Waals surface area contributed by atoms with Gasteiger partial charge in [0.15, 0.2) is 5.82 Å². The van der Waals surface area contributed by atoms with Crippen LogP contribution in [0.25, 0.3) is 11.0 Å². The van der Waals surface area contributed by atoms with E-state index in [0.717, 1.165) is 11.0 Å². The molecule has 0 saturated heterocycles. The minimum atomic E-state index is 0.640. The Labute approximate surface area is 80.8 Å². The molecule has 1 heterocycles. The molecule has 0 bridgehead atoms. The van der Waals surface area contributed by atoms with Crippen LogP contribution in [0, 0.1) is 4.64 Å². The first kappa shape index (κ1) is 8.19. The van der Waals surface area contributed by atoms with Gasteiger partial charge in [-0.15, -0.1) is 0 Å². The molecule has 4 heteroatoms. The Morgan fingerprint density at radius 3 is 2.92 bits per heavy atom. The molecule has 66 valence electrons. The molecule has 1 aromatic heterocycles. The summed E-state index contributed by atoms with van der Waals surface area (Å²) in [6.07, 6.45) is 0. The van der Waals surface area contributed by atoms with Crippen molar-refractivity contribution in [3.05, 3.63) is 28.9 Å². The third-order valence-corrected chi connectivity index (χ3v) is 2.13. The summed E-state index contributed by atoms with van der Waals surface area (Å²) in [5.41, 5.74) is 1.88. The number of hydrogen-bond acceptors (Lipinski definition) is 3. The lowest BCUT2D eigenvalue weighted by Crippen LogP contribution is -1.95. The van der Waals surface area contributed by atoms with E-state index in [1.54, 1.807) is 7.05 Å². The van der Waals surface area contributed by atoms with E-state index in [9.17, 15) is 0 Å². The van der Waals surface area contributed by atoms with Gasteiger partial charge >= 0.3 is 0 Å². The minimum Gasteiger partial charge on any atom is -0.371 e. The molecular weight excluding hydrogens is 182 g/mol. The van der Waals surface area contributed by atoms with E-state index >= 15 is 0 Å². The number of benzene rings is 1. The van der Waals surface area contributed by atoms with E-state index in [0.29, 0.717) is 10.5 Å². The Hall–Kier alpha value is -1.42. The maximum Gasteiger partial charge on any atom is 0.161 e. The monoisotopic (exact) mass is 191 g/mol. The minimum absolute atomic E-state index is 0.640. The zero-order valence-electron chi connectivity index (χ0n) is 7.16. The second kappa shape index (κ2) is 3.14. The van der Waals surface area contributed by atoms with Gasteiger partial charge in [0.25, 0.3) is 0 Å². The number of nitrogens with zero attached hydrogens (tertiary/aromatic N) is 1. The molecule has 0 spiro atoms. The molecule has 0 amide bonds. The second-order valence-electron chi connectivity index (χ2n) is 2.68. The third-order valence-electron chi connectivity index (χ3n) is 1.84. The largest absolute Gasteiger partial charge is 0.371 e. The van der Waals surface area contributed by atoms with Gasteiger partial charge in [-0.3, -0.25) is 0 Å². The molecule has 0 fully saturated rings. The van der Waals surface area contributed by atoms with Gasteiger partial charge in [0, 0.05) is 7.05 Å². The van der Waals surface area contributed by atoms with Crippen LogP contribution in [0.3, 0.4) is 0 Å². The molecule has 0 aliphatic heterocycles. The van der Waals surface area contributed by atoms with Crippen molar-refractivity contribution in [3.63, 3.8) is 0 Å². The molecule has 3 nitrogen and oxygen atoms in total. The van der Waals surface area contributed by atoms with Crippen LogP contribution in [0.1, 0.15) is 0 Å². The fourth-order valence-corrected chi connectivity index (χ4v) is 1.46. The number of hydrogen-bond donors (Lipinski definition) is 2. The van der Waals surface area contributed by atoms with Crippen molar-refractivity contribution in [2.45, 2.75) is 0 Å². The van der Waals surface area contributed by atoms with E-state index in [2.05, 4.69) is 15.3 Å². The quantitative estimate of drug-likeness (QED) is 0.680. The van der Waals surface area contributed by atoms with Gasteiger partial charge in [-0.25, -0.2) is 4.98 Å². The molecular formula is C9H9N3S. The Balaban J connectivity index is 2.81. The molecule has 2 rings (SSSR count). The zero-order chi connectivity index (χ0) is 9.26. The summed E-state index contributed by atoms with van der Waals surface area (Å²) in [6.45, 7) is 0. The van der Waals surface area contributed by atoms with Crippen molar-refractivity contribution in [1.29, 1.82) is 0 Å². The first-order valence-electron chi connectivity index (χ1n) is 3.98. The molecule has 0 aliphatic rings. The van der Waals surface area contributed by atoms with Crippen molar-refractivity contribution in [2.24, 2.45) is 0 Å². The predicted octanol–water partition coefficient (Wildman–Crippen LogP) is 2.33. The van der Waals surface area contributed by atoms with Crippen LogP contribution < -0.4 is 5.32 Å². The third kappa shape index (κ3) is 1.40. The number of fused-ring (bicyclic) bond motifs is 1. The van der Waals surface area contributed by atoms with Gasteiger partial charge in [-0.05, 0) is 12.1 Å². The van der Waals surface area contributed by atoms with E-state index in [1.165, 1.54) is 0 Å². The highest BCUT2D eigenvalue weighted by atomic mass is 32.1. The smallest absolute Gasteiger partial charge is 0.161 e. The summed E-state index contributed by atoms with van der Waals surface area (Å²) >= 11 is 5.10. The number of aromatic nitrogens is 2. The Morgan fingerprint density at radius 2 is 2.15 bits per heavy atom. The Kier molecular flexibility index (Phi) is 1.98. The molecule has 2 N–H and O–H groups in total. The van der Waals surface area contributed by atoms with E-state index in [4.69, 9.17) is 12.2 Å². The molecule has 0 saturated carbocycles. The summed E-state index contributed by atoms with van der Waals surface area (Å²) in [5.74, 6) is 0.716. The molecule has 0 unspecified atom stereocenters. The number of H-pyrrole nitrogens is 1. The maximum atomic E-state index is 5.10. The van der Waals surface area contributed by atoms with E-state index < -0.39 is 0 Å². The first-order chi connectivity index (χ1) is 6.31. The molecule has 0 radical (unpaired) electrons. The van der Waals surface area contributed by atoms with Crippen LogP contribution >= 0.6 is 12.2 Å². The van der Waals surface area contributed by atoms with Crippen LogP contribution in [0.15, 0.2) is 24.3 Å². The van der Waals surface area contributed by atoms with Crippen molar-refractivity contribution in [2.75, 3.05) is 12.4 Å². The van der Waals surface area contributed by atoms with Crippen LogP contribution in [-0.2, 0) is 0 Å². The summed E-state index contributed by atoms with van der Waals surface area (Å²) in [7, 11) is 1.81. The normalized spacial score (nSPS) is 10.2. The predicted molar refractivity (Wildman–Crippen MR) is 56.5 cm³/mol. The molecule has 0 atom stereocenters. The van der Waals surface area contributed by atoms with Crippen LogP contribution in [0.2, 0.25) is 0 Å². The average molecular weight is 191 g/mol. The molecule has 13 heavy (non-hydrogen) atoms. The van der Waals surface area contributed by atoms with Crippen LogP contribution in [0.5, 0.6) is 0 Å². The second-order valence-corrected chi connectivity index (χ2v) is 3.09. The van der Waals surface area contributed by atoms with E-state index in [1.807, 2.05) is 24.3 Å². The molecule has 2 aromatic rings. The fourth-order valence-electron chi connectivity index (χ4n) is 1.20. The number of anilines is 1. The van der Waals surface area contributed by atoms with Crippen molar-refractivity contribution in [3.8, 4) is 0 Å². The summed E-state index contributed by atoms with van der Waals surface area (Å²) in [5, 5.41) is 2.94. The maximum absolute atomic E-state index is 5.10. The zero-order valence-corrected chi connectivity index (χ0v) is 7.98. The SMILES string of the molecule is CNc1nc2ccccc2[nH]c1=S. The van der Waals surface area contributed by atoms with Crippen LogP contribution in [0.4, 0.5) is 5.82 Å². The average Bonchev–Trinajstić information content (AvgIpc) is 2.17. The van der Waals surface area contributed by atoms with Gasteiger partial charge in [-0.1, -0.05) is 24.4 Å². The lowest BCUT2D eigenvalue weighted by Gasteiger charge is -2.01. The fraction of sp³-hybridized carbons (Fsp3) is 0.111. The summed E-state index contributed by atoms with van der Waals surface area (Å²) < 4.78 is 0.640. The van der Waals surface area contributed by atoms with Crippen molar-refractivity contribution < 1.29 is 0 Å². The van der Waals surface area contributed by atoms with Crippen molar-refractivity contribution >= 4 is 29.1 Å². The number of nitrogens with one attached hydrogen (secondary N) is 2. The molecule has 0 aliphatic carbocycles. The Bertz CT molecular complexity index is 489. The Morgan fingerprint density at radius 1 is 1.38 bits per heavy atom.